The van der Waals surface area contributed by atoms with Crippen LogP contribution in [0.5, 0.6) is 0 Å². The summed E-state index contributed by atoms with van der Waals surface area (Å²) in [6.45, 7) is 0.858. The highest BCUT2D eigenvalue weighted by atomic mass is 79.9. The quantitative estimate of drug-likeness (QED) is 0.797. The summed E-state index contributed by atoms with van der Waals surface area (Å²) in [7, 11) is 1.96. The van der Waals surface area contributed by atoms with Crippen molar-refractivity contribution in [1.29, 1.82) is 0 Å². The Morgan fingerprint density at radius 2 is 2.20 bits per heavy atom. The number of hydrogen-bond donors (Lipinski definition) is 1. The molecule has 0 bridgehead atoms. The standard InChI is InChI=1S/C15H15BrN4/c1-20-13(6-8-19-20)5-7-17-14-4-2-3-11-9-12(16)10-18-15(11)14/h2-4,6,8-10,17H,5,7H2,1H3. The maximum Gasteiger partial charge on any atom is 0.0934 e. The molecule has 0 saturated carbocycles. The first-order chi connectivity index (χ1) is 9.74. The highest BCUT2D eigenvalue weighted by Crippen LogP contribution is 2.23. The molecular weight excluding hydrogens is 316 g/mol. The molecule has 0 amide bonds. The number of fused-ring (bicyclic) bond motifs is 1. The predicted molar refractivity (Wildman–Crippen MR) is 84.8 cm³/mol. The van der Waals surface area contributed by atoms with Crippen LogP contribution in [0.3, 0.4) is 0 Å². The van der Waals surface area contributed by atoms with E-state index < -0.39 is 0 Å². The molecule has 0 atom stereocenters. The molecule has 0 spiro atoms. The van der Waals surface area contributed by atoms with Gasteiger partial charge in [0, 0.05) is 48.0 Å². The number of aromatic nitrogens is 3. The van der Waals surface area contributed by atoms with E-state index in [0.29, 0.717) is 0 Å². The molecule has 1 aromatic carbocycles. The monoisotopic (exact) mass is 330 g/mol. The minimum Gasteiger partial charge on any atom is -0.383 e. The second-order valence-corrected chi connectivity index (χ2v) is 5.57. The lowest BCUT2D eigenvalue weighted by Gasteiger charge is -2.09. The van der Waals surface area contributed by atoms with Gasteiger partial charge in [0.15, 0.2) is 0 Å². The zero-order chi connectivity index (χ0) is 13.9. The summed E-state index contributed by atoms with van der Waals surface area (Å²) >= 11 is 3.45. The normalized spacial score (nSPS) is 10.9. The van der Waals surface area contributed by atoms with Crippen molar-refractivity contribution in [3.05, 3.63) is 52.9 Å². The van der Waals surface area contributed by atoms with Gasteiger partial charge in [0.1, 0.15) is 0 Å². The van der Waals surface area contributed by atoms with Crippen LogP contribution in [0.2, 0.25) is 0 Å². The lowest BCUT2D eigenvalue weighted by molar-refractivity contribution is 0.711. The summed E-state index contributed by atoms with van der Waals surface area (Å²) in [4.78, 5) is 4.49. The van der Waals surface area contributed by atoms with E-state index in [1.165, 1.54) is 5.69 Å². The number of rotatable bonds is 4. The molecule has 0 saturated heterocycles. The number of para-hydroxylation sites is 1. The van der Waals surface area contributed by atoms with Gasteiger partial charge >= 0.3 is 0 Å². The van der Waals surface area contributed by atoms with Crippen molar-refractivity contribution in [1.82, 2.24) is 14.8 Å². The number of halogens is 1. The van der Waals surface area contributed by atoms with Crippen molar-refractivity contribution >= 4 is 32.5 Å². The van der Waals surface area contributed by atoms with Crippen molar-refractivity contribution in [3.8, 4) is 0 Å². The number of pyridine rings is 1. The number of benzene rings is 1. The highest BCUT2D eigenvalue weighted by molar-refractivity contribution is 9.10. The van der Waals surface area contributed by atoms with Crippen LogP contribution in [0.4, 0.5) is 5.69 Å². The zero-order valence-corrected chi connectivity index (χ0v) is 12.8. The van der Waals surface area contributed by atoms with E-state index in [1.54, 1.807) is 0 Å². The van der Waals surface area contributed by atoms with Gasteiger partial charge < -0.3 is 5.32 Å². The van der Waals surface area contributed by atoms with Crippen LogP contribution in [0.25, 0.3) is 10.9 Å². The molecule has 4 nitrogen and oxygen atoms in total. The third kappa shape index (κ3) is 2.67. The first kappa shape index (κ1) is 13.1. The fourth-order valence-corrected chi connectivity index (χ4v) is 2.60. The van der Waals surface area contributed by atoms with Gasteiger partial charge in [-0.3, -0.25) is 9.67 Å². The topological polar surface area (TPSA) is 42.7 Å². The molecule has 3 aromatic rings. The molecule has 102 valence electrons. The van der Waals surface area contributed by atoms with Crippen LogP contribution in [0.15, 0.2) is 47.2 Å². The Morgan fingerprint density at radius 1 is 1.30 bits per heavy atom. The van der Waals surface area contributed by atoms with Gasteiger partial charge in [0.05, 0.1) is 11.2 Å². The van der Waals surface area contributed by atoms with Crippen molar-refractivity contribution in [2.24, 2.45) is 7.05 Å². The molecule has 0 fully saturated rings. The zero-order valence-electron chi connectivity index (χ0n) is 11.2. The molecule has 5 heteroatoms. The molecule has 0 aliphatic carbocycles. The molecule has 3 rings (SSSR count). The lowest BCUT2D eigenvalue weighted by Crippen LogP contribution is -2.08. The first-order valence-electron chi connectivity index (χ1n) is 6.49. The fraction of sp³-hybridized carbons (Fsp3) is 0.200. The van der Waals surface area contributed by atoms with Crippen LogP contribution >= 0.6 is 15.9 Å². The maximum atomic E-state index is 4.49. The van der Waals surface area contributed by atoms with E-state index in [9.17, 15) is 0 Å². The Labute approximate surface area is 126 Å². The van der Waals surface area contributed by atoms with E-state index >= 15 is 0 Å². The fourth-order valence-electron chi connectivity index (χ4n) is 2.25. The molecule has 2 aromatic heterocycles. The summed E-state index contributed by atoms with van der Waals surface area (Å²) in [5.41, 5.74) is 3.28. The van der Waals surface area contributed by atoms with Gasteiger partial charge in [0.25, 0.3) is 0 Å². The Morgan fingerprint density at radius 3 is 3.00 bits per heavy atom. The molecule has 0 aliphatic heterocycles. The minimum atomic E-state index is 0.858. The average Bonchev–Trinajstić information content (AvgIpc) is 2.84. The van der Waals surface area contributed by atoms with Gasteiger partial charge in [-0.05, 0) is 34.1 Å². The van der Waals surface area contributed by atoms with Crippen molar-refractivity contribution in [3.63, 3.8) is 0 Å². The maximum absolute atomic E-state index is 4.49. The third-order valence-electron chi connectivity index (χ3n) is 3.30. The van der Waals surface area contributed by atoms with Crippen molar-refractivity contribution in [2.75, 3.05) is 11.9 Å². The smallest absolute Gasteiger partial charge is 0.0934 e. The molecule has 0 unspecified atom stereocenters. The van der Waals surface area contributed by atoms with Gasteiger partial charge in [-0.1, -0.05) is 12.1 Å². The second-order valence-electron chi connectivity index (χ2n) is 4.65. The summed E-state index contributed by atoms with van der Waals surface area (Å²) in [6, 6.07) is 10.3. The van der Waals surface area contributed by atoms with Crippen molar-refractivity contribution < 1.29 is 0 Å². The molecular formula is C15H15BrN4. The van der Waals surface area contributed by atoms with Crippen molar-refractivity contribution in [2.45, 2.75) is 6.42 Å². The van der Waals surface area contributed by atoms with E-state index in [4.69, 9.17) is 0 Å². The predicted octanol–water partition coefficient (Wildman–Crippen LogP) is 3.39. The summed E-state index contributed by atoms with van der Waals surface area (Å²) < 4.78 is 2.90. The van der Waals surface area contributed by atoms with Gasteiger partial charge in [-0.2, -0.15) is 5.10 Å². The Bertz CT molecular complexity index is 736. The summed E-state index contributed by atoms with van der Waals surface area (Å²) in [6.07, 6.45) is 4.59. The van der Waals surface area contributed by atoms with Crippen LogP contribution in [-0.2, 0) is 13.5 Å². The second kappa shape index (κ2) is 5.63. The largest absolute Gasteiger partial charge is 0.383 e. The Hall–Kier alpha value is -1.88. The molecule has 2 heterocycles. The van der Waals surface area contributed by atoms with Crippen LogP contribution in [0.1, 0.15) is 5.69 Å². The lowest BCUT2D eigenvalue weighted by atomic mass is 10.2. The van der Waals surface area contributed by atoms with Gasteiger partial charge in [-0.15, -0.1) is 0 Å². The Balaban J connectivity index is 1.76. The van der Waals surface area contributed by atoms with E-state index in [2.05, 4.69) is 49.5 Å². The number of anilines is 1. The number of hydrogen-bond acceptors (Lipinski definition) is 3. The van der Waals surface area contributed by atoms with E-state index in [1.807, 2.05) is 36.3 Å². The van der Waals surface area contributed by atoms with Crippen LogP contribution in [-0.4, -0.2) is 21.3 Å². The van der Waals surface area contributed by atoms with E-state index in [0.717, 1.165) is 34.0 Å². The average molecular weight is 331 g/mol. The Kier molecular flexibility index (Phi) is 3.69. The first-order valence-corrected chi connectivity index (χ1v) is 7.28. The van der Waals surface area contributed by atoms with Gasteiger partial charge in [-0.25, -0.2) is 0 Å². The highest BCUT2D eigenvalue weighted by Gasteiger charge is 2.03. The summed E-state index contributed by atoms with van der Waals surface area (Å²) in [5.74, 6) is 0. The van der Waals surface area contributed by atoms with Gasteiger partial charge in [0.2, 0.25) is 0 Å². The molecule has 0 radical (unpaired) electrons. The number of aryl methyl sites for hydroxylation is 1. The minimum absolute atomic E-state index is 0.858. The number of nitrogens with one attached hydrogen (secondary N) is 1. The molecule has 20 heavy (non-hydrogen) atoms. The molecule has 1 N–H and O–H groups in total. The third-order valence-corrected chi connectivity index (χ3v) is 3.73. The SMILES string of the molecule is Cn1nccc1CCNc1cccc2cc(Br)cnc12. The molecule has 0 aliphatic rings. The number of nitrogens with zero attached hydrogens (tertiary/aromatic N) is 3. The van der Waals surface area contributed by atoms with E-state index in [-0.39, 0.29) is 0 Å². The van der Waals surface area contributed by atoms with Crippen LogP contribution < -0.4 is 5.32 Å². The van der Waals surface area contributed by atoms with Crippen LogP contribution in [0, 0.1) is 0 Å². The summed E-state index contributed by atoms with van der Waals surface area (Å²) in [5, 5.41) is 8.76.